The largest absolute Gasteiger partial charge is 0.285 e. The van der Waals surface area contributed by atoms with Gasteiger partial charge in [0.1, 0.15) is 11.3 Å². The van der Waals surface area contributed by atoms with Crippen molar-refractivity contribution < 1.29 is 4.39 Å². The number of rotatable bonds is 2. The van der Waals surface area contributed by atoms with Gasteiger partial charge in [-0.05, 0) is 36.8 Å². The molecule has 0 unspecified atom stereocenters. The molecule has 0 atom stereocenters. The number of fused-ring (bicyclic) bond motifs is 3. The van der Waals surface area contributed by atoms with Crippen LogP contribution in [-0.4, -0.2) is 24.4 Å². The molecular formula is C21H13ClFN5O. The van der Waals surface area contributed by atoms with Crippen LogP contribution in [0.25, 0.3) is 33.5 Å². The Balaban J connectivity index is 1.76. The molecule has 0 aliphatic carbocycles. The quantitative estimate of drug-likeness (QED) is 0.441. The molecule has 3 heterocycles. The molecule has 2 aromatic carbocycles. The van der Waals surface area contributed by atoms with Crippen LogP contribution in [0.15, 0.2) is 65.6 Å². The standard InChI is InChI=1S/C21H13ClFN5O/c1-12-18(13-5-3-2-4-6-13)20-25-24-19-17(28(20)26-12)9-10-27(21(19)29)14-7-8-16(23)15(22)11-14/h2-11H,1H3. The summed E-state index contributed by atoms with van der Waals surface area (Å²) >= 11 is 5.86. The van der Waals surface area contributed by atoms with Crippen LogP contribution in [0.5, 0.6) is 0 Å². The van der Waals surface area contributed by atoms with Crippen LogP contribution < -0.4 is 5.56 Å². The third kappa shape index (κ3) is 2.70. The minimum Gasteiger partial charge on any atom is -0.282 e. The molecule has 0 radical (unpaired) electrons. The Morgan fingerprint density at radius 3 is 2.59 bits per heavy atom. The van der Waals surface area contributed by atoms with E-state index < -0.39 is 11.4 Å². The van der Waals surface area contributed by atoms with Gasteiger partial charge in [0.15, 0.2) is 11.2 Å². The van der Waals surface area contributed by atoms with E-state index in [1.807, 2.05) is 37.3 Å². The van der Waals surface area contributed by atoms with Crippen LogP contribution >= 0.6 is 11.6 Å². The molecule has 6 nitrogen and oxygen atoms in total. The molecule has 0 spiro atoms. The van der Waals surface area contributed by atoms with E-state index >= 15 is 0 Å². The van der Waals surface area contributed by atoms with Crippen molar-refractivity contribution in [3.63, 3.8) is 0 Å². The van der Waals surface area contributed by atoms with Crippen molar-refractivity contribution >= 4 is 28.3 Å². The van der Waals surface area contributed by atoms with Crippen molar-refractivity contribution in [1.29, 1.82) is 0 Å². The van der Waals surface area contributed by atoms with Crippen LogP contribution in [-0.2, 0) is 0 Å². The molecule has 8 heteroatoms. The first-order valence-corrected chi connectivity index (χ1v) is 9.20. The molecule has 0 amide bonds. The van der Waals surface area contributed by atoms with Gasteiger partial charge in [0.25, 0.3) is 5.56 Å². The van der Waals surface area contributed by atoms with Crippen LogP contribution in [0.3, 0.4) is 0 Å². The zero-order valence-electron chi connectivity index (χ0n) is 15.2. The van der Waals surface area contributed by atoms with Gasteiger partial charge in [-0.2, -0.15) is 5.10 Å². The van der Waals surface area contributed by atoms with E-state index in [1.54, 1.807) is 16.8 Å². The van der Waals surface area contributed by atoms with E-state index in [9.17, 15) is 9.18 Å². The van der Waals surface area contributed by atoms with E-state index in [1.165, 1.54) is 22.8 Å². The average Bonchev–Trinajstić information content (AvgIpc) is 3.07. The molecule has 0 aliphatic heterocycles. The second kappa shape index (κ2) is 6.49. The van der Waals surface area contributed by atoms with Crippen molar-refractivity contribution in [3.05, 3.63) is 87.7 Å². The first kappa shape index (κ1) is 17.5. The summed E-state index contributed by atoms with van der Waals surface area (Å²) in [6, 6.07) is 15.6. The summed E-state index contributed by atoms with van der Waals surface area (Å²) in [5.41, 5.74) is 3.94. The number of aryl methyl sites for hydroxylation is 1. The van der Waals surface area contributed by atoms with Gasteiger partial charge in [-0.1, -0.05) is 41.9 Å². The maximum atomic E-state index is 13.5. The van der Waals surface area contributed by atoms with Gasteiger partial charge in [-0.25, -0.2) is 8.91 Å². The van der Waals surface area contributed by atoms with E-state index in [4.69, 9.17) is 11.6 Å². The first-order valence-electron chi connectivity index (χ1n) is 8.83. The van der Waals surface area contributed by atoms with Gasteiger partial charge in [-0.15, -0.1) is 10.2 Å². The van der Waals surface area contributed by atoms with Crippen molar-refractivity contribution in [3.8, 4) is 16.8 Å². The van der Waals surface area contributed by atoms with Gasteiger partial charge in [-0.3, -0.25) is 9.36 Å². The van der Waals surface area contributed by atoms with Crippen molar-refractivity contribution in [2.45, 2.75) is 6.92 Å². The van der Waals surface area contributed by atoms with E-state index in [0.717, 1.165) is 16.8 Å². The summed E-state index contributed by atoms with van der Waals surface area (Å²) in [4.78, 5) is 13.0. The molecule has 0 N–H and O–H groups in total. The maximum Gasteiger partial charge on any atom is 0.285 e. The van der Waals surface area contributed by atoms with Crippen molar-refractivity contribution in [2.75, 3.05) is 0 Å². The molecule has 0 saturated heterocycles. The second-order valence-corrected chi connectivity index (χ2v) is 6.99. The normalized spacial score (nSPS) is 11.4. The van der Waals surface area contributed by atoms with Crippen molar-refractivity contribution in [1.82, 2.24) is 24.4 Å². The van der Waals surface area contributed by atoms with Gasteiger partial charge in [0, 0.05) is 6.20 Å². The molecule has 0 saturated carbocycles. The number of aromatic nitrogens is 5. The lowest BCUT2D eigenvalue weighted by Crippen LogP contribution is -2.20. The Morgan fingerprint density at radius 2 is 1.83 bits per heavy atom. The molecule has 0 bridgehead atoms. The van der Waals surface area contributed by atoms with Gasteiger partial charge in [0.05, 0.1) is 22.0 Å². The summed E-state index contributed by atoms with van der Waals surface area (Å²) in [5, 5.41) is 13.0. The fourth-order valence-electron chi connectivity index (χ4n) is 3.43. The highest BCUT2D eigenvalue weighted by Crippen LogP contribution is 2.28. The predicted molar refractivity (Wildman–Crippen MR) is 109 cm³/mol. The summed E-state index contributed by atoms with van der Waals surface area (Å²) in [6.45, 7) is 1.89. The SMILES string of the molecule is Cc1nn2c(nnc3c(=O)n(-c4ccc(F)c(Cl)c4)ccc32)c1-c1ccccc1. The lowest BCUT2D eigenvalue weighted by molar-refractivity contribution is 0.627. The zero-order chi connectivity index (χ0) is 20.1. The molecular weight excluding hydrogens is 393 g/mol. The molecule has 0 aliphatic rings. The molecule has 5 rings (SSSR count). The molecule has 0 fully saturated rings. The Morgan fingerprint density at radius 1 is 1.03 bits per heavy atom. The topological polar surface area (TPSA) is 65.1 Å². The first-order chi connectivity index (χ1) is 14.0. The summed E-state index contributed by atoms with van der Waals surface area (Å²) in [6.07, 6.45) is 1.59. The van der Waals surface area contributed by atoms with Gasteiger partial charge >= 0.3 is 0 Å². The van der Waals surface area contributed by atoms with Crippen LogP contribution in [0, 0.1) is 12.7 Å². The lowest BCUT2D eigenvalue weighted by atomic mass is 10.1. The third-order valence-electron chi connectivity index (χ3n) is 4.80. The van der Waals surface area contributed by atoms with Gasteiger partial charge in [0.2, 0.25) is 0 Å². The average molecular weight is 406 g/mol. The number of pyridine rings is 1. The van der Waals surface area contributed by atoms with Crippen LogP contribution in [0.1, 0.15) is 5.69 Å². The second-order valence-electron chi connectivity index (χ2n) is 6.58. The Kier molecular flexibility index (Phi) is 3.92. The Labute approximate surface area is 168 Å². The predicted octanol–water partition coefficient (Wildman–Crippen LogP) is 4.20. The summed E-state index contributed by atoms with van der Waals surface area (Å²) in [5.74, 6) is -0.550. The van der Waals surface area contributed by atoms with Crippen molar-refractivity contribution in [2.24, 2.45) is 0 Å². The Hall–Kier alpha value is -3.58. The minimum atomic E-state index is -0.550. The van der Waals surface area contributed by atoms with Crippen LogP contribution in [0.2, 0.25) is 5.02 Å². The summed E-state index contributed by atoms with van der Waals surface area (Å²) < 4.78 is 16.4. The molecule has 142 valence electrons. The highest BCUT2D eigenvalue weighted by atomic mass is 35.5. The third-order valence-corrected chi connectivity index (χ3v) is 5.09. The number of benzene rings is 2. The lowest BCUT2D eigenvalue weighted by Gasteiger charge is -2.08. The molecule has 3 aromatic heterocycles. The Bertz CT molecular complexity index is 1460. The zero-order valence-corrected chi connectivity index (χ0v) is 15.9. The smallest absolute Gasteiger partial charge is 0.282 e. The van der Waals surface area contributed by atoms with E-state index in [2.05, 4.69) is 15.3 Å². The van der Waals surface area contributed by atoms with Gasteiger partial charge < -0.3 is 0 Å². The minimum absolute atomic E-state index is 0.0637. The number of halogens is 2. The number of hydrogen-bond donors (Lipinski definition) is 0. The maximum absolute atomic E-state index is 13.5. The molecule has 5 aromatic rings. The number of nitrogens with zero attached hydrogens (tertiary/aromatic N) is 5. The summed E-state index contributed by atoms with van der Waals surface area (Å²) in [7, 11) is 0. The monoisotopic (exact) mass is 405 g/mol. The van der Waals surface area contributed by atoms with E-state index in [-0.39, 0.29) is 10.5 Å². The number of hydrogen-bond acceptors (Lipinski definition) is 4. The fourth-order valence-corrected chi connectivity index (χ4v) is 3.61. The highest BCUT2D eigenvalue weighted by molar-refractivity contribution is 6.30. The van der Waals surface area contributed by atoms with E-state index in [0.29, 0.717) is 16.9 Å². The highest BCUT2D eigenvalue weighted by Gasteiger charge is 2.17. The van der Waals surface area contributed by atoms with Crippen LogP contribution in [0.4, 0.5) is 4.39 Å². The molecule has 29 heavy (non-hydrogen) atoms. The fraction of sp³-hybridized carbons (Fsp3) is 0.0476.